The second-order valence-corrected chi connectivity index (χ2v) is 6.02. The van der Waals surface area contributed by atoms with E-state index in [9.17, 15) is 9.59 Å². The molecule has 0 unspecified atom stereocenters. The van der Waals surface area contributed by atoms with Crippen molar-refractivity contribution in [3.8, 4) is 0 Å². The van der Waals surface area contributed by atoms with Gasteiger partial charge in [-0.05, 0) is 18.8 Å². The van der Waals surface area contributed by atoms with Crippen LogP contribution in [0.4, 0.5) is 4.79 Å². The number of hydrogen-bond acceptors (Lipinski definition) is 2. The van der Waals surface area contributed by atoms with Crippen LogP contribution in [-0.4, -0.2) is 53.1 Å². The molecule has 0 aromatic heterocycles. The first-order valence-electron chi connectivity index (χ1n) is 6.13. The monoisotopic (exact) mass is 240 g/mol. The normalized spacial score (nSPS) is 24.7. The van der Waals surface area contributed by atoms with Gasteiger partial charge in [-0.2, -0.15) is 0 Å². The van der Waals surface area contributed by atoms with E-state index in [-0.39, 0.29) is 17.9 Å². The third kappa shape index (κ3) is 3.11. The van der Waals surface area contributed by atoms with Crippen molar-refractivity contribution >= 4 is 12.0 Å². The van der Waals surface area contributed by atoms with Gasteiger partial charge >= 0.3 is 6.09 Å². The van der Waals surface area contributed by atoms with E-state index in [1.165, 1.54) is 17.7 Å². The summed E-state index contributed by atoms with van der Waals surface area (Å²) < 4.78 is 0. The minimum atomic E-state index is -1.00. The maximum atomic E-state index is 12.0. The largest absolute Gasteiger partial charge is 0.465 e. The van der Waals surface area contributed by atoms with Gasteiger partial charge in [0, 0.05) is 25.0 Å². The van der Waals surface area contributed by atoms with Crippen LogP contribution >= 0.6 is 0 Å². The molecule has 1 N–H and O–H groups in total. The average Bonchev–Trinajstić information content (AvgIpc) is 2.98. The highest BCUT2D eigenvalue weighted by Crippen LogP contribution is 2.32. The van der Waals surface area contributed by atoms with Crippen molar-refractivity contribution in [2.24, 2.45) is 11.3 Å². The fourth-order valence-corrected chi connectivity index (χ4v) is 2.40. The van der Waals surface area contributed by atoms with Crippen molar-refractivity contribution in [1.29, 1.82) is 0 Å². The van der Waals surface area contributed by atoms with Gasteiger partial charge in [-0.1, -0.05) is 13.8 Å². The van der Waals surface area contributed by atoms with E-state index in [4.69, 9.17) is 5.11 Å². The zero-order chi connectivity index (χ0) is 12.6. The molecule has 1 heterocycles. The SMILES string of the molecule is CC1(C)CN(C(=O)O)CC(=O)N(CC2CC2)C1. The predicted molar refractivity (Wildman–Crippen MR) is 62.7 cm³/mol. The molecule has 1 saturated heterocycles. The van der Waals surface area contributed by atoms with Crippen LogP contribution in [0.5, 0.6) is 0 Å². The van der Waals surface area contributed by atoms with Gasteiger partial charge in [0.15, 0.2) is 0 Å². The fourth-order valence-electron chi connectivity index (χ4n) is 2.40. The van der Waals surface area contributed by atoms with Gasteiger partial charge in [0.2, 0.25) is 5.91 Å². The Kier molecular flexibility index (Phi) is 3.02. The van der Waals surface area contributed by atoms with E-state index in [0.29, 0.717) is 19.0 Å². The van der Waals surface area contributed by atoms with Crippen LogP contribution in [0.3, 0.4) is 0 Å². The molecule has 96 valence electrons. The van der Waals surface area contributed by atoms with Crippen molar-refractivity contribution in [3.05, 3.63) is 0 Å². The molecule has 17 heavy (non-hydrogen) atoms. The lowest BCUT2D eigenvalue weighted by molar-refractivity contribution is -0.131. The Labute approximate surface area is 101 Å². The average molecular weight is 240 g/mol. The molecule has 2 fully saturated rings. The maximum absolute atomic E-state index is 12.0. The topological polar surface area (TPSA) is 60.9 Å². The summed E-state index contributed by atoms with van der Waals surface area (Å²) in [6.07, 6.45) is 1.40. The predicted octanol–water partition coefficient (Wildman–Crippen LogP) is 1.24. The highest BCUT2D eigenvalue weighted by atomic mass is 16.4. The Bertz CT molecular complexity index is 337. The van der Waals surface area contributed by atoms with Crippen molar-refractivity contribution in [2.45, 2.75) is 26.7 Å². The molecule has 5 nitrogen and oxygen atoms in total. The van der Waals surface area contributed by atoms with Crippen molar-refractivity contribution < 1.29 is 14.7 Å². The molecule has 1 aliphatic carbocycles. The Morgan fingerprint density at radius 1 is 1.41 bits per heavy atom. The summed E-state index contributed by atoms with van der Waals surface area (Å²) in [4.78, 5) is 26.1. The van der Waals surface area contributed by atoms with Gasteiger partial charge in [-0.3, -0.25) is 9.69 Å². The first-order valence-corrected chi connectivity index (χ1v) is 6.13. The van der Waals surface area contributed by atoms with Gasteiger partial charge in [-0.25, -0.2) is 4.79 Å². The number of carbonyl (C=O) groups excluding carboxylic acids is 1. The summed E-state index contributed by atoms with van der Waals surface area (Å²) in [6.45, 7) is 5.92. The van der Waals surface area contributed by atoms with Crippen molar-refractivity contribution in [1.82, 2.24) is 9.80 Å². The first kappa shape index (κ1) is 12.2. The minimum Gasteiger partial charge on any atom is -0.465 e. The van der Waals surface area contributed by atoms with Gasteiger partial charge in [-0.15, -0.1) is 0 Å². The molecule has 2 aliphatic rings. The van der Waals surface area contributed by atoms with Crippen LogP contribution < -0.4 is 0 Å². The molecule has 0 aromatic rings. The number of carboxylic acid groups (broad SMARTS) is 1. The van der Waals surface area contributed by atoms with Crippen LogP contribution in [0.1, 0.15) is 26.7 Å². The van der Waals surface area contributed by atoms with Gasteiger partial charge in [0.25, 0.3) is 0 Å². The van der Waals surface area contributed by atoms with Crippen LogP contribution in [0, 0.1) is 11.3 Å². The number of amides is 2. The molecule has 0 atom stereocenters. The van der Waals surface area contributed by atoms with E-state index >= 15 is 0 Å². The summed E-state index contributed by atoms with van der Waals surface area (Å²) in [5.41, 5.74) is -0.167. The number of hydrogen-bond donors (Lipinski definition) is 1. The van der Waals surface area contributed by atoms with Crippen molar-refractivity contribution in [2.75, 3.05) is 26.2 Å². The Morgan fingerprint density at radius 3 is 2.59 bits per heavy atom. The minimum absolute atomic E-state index is 0.00544. The Morgan fingerprint density at radius 2 is 2.06 bits per heavy atom. The maximum Gasteiger partial charge on any atom is 0.407 e. The molecule has 2 amide bonds. The van der Waals surface area contributed by atoms with E-state index in [1.54, 1.807) is 0 Å². The van der Waals surface area contributed by atoms with Gasteiger partial charge < -0.3 is 10.0 Å². The fraction of sp³-hybridized carbons (Fsp3) is 0.833. The van der Waals surface area contributed by atoms with Crippen molar-refractivity contribution in [3.63, 3.8) is 0 Å². The highest BCUT2D eigenvalue weighted by Gasteiger charge is 2.36. The highest BCUT2D eigenvalue weighted by molar-refractivity contribution is 5.82. The lowest BCUT2D eigenvalue weighted by atomic mass is 9.92. The zero-order valence-electron chi connectivity index (χ0n) is 10.5. The molecule has 1 aliphatic heterocycles. The quantitative estimate of drug-likeness (QED) is 0.790. The third-order valence-corrected chi connectivity index (χ3v) is 3.36. The number of rotatable bonds is 2. The summed E-state index contributed by atoms with van der Waals surface area (Å²) in [7, 11) is 0. The van der Waals surface area contributed by atoms with E-state index in [2.05, 4.69) is 0 Å². The van der Waals surface area contributed by atoms with Crippen LogP contribution in [0.25, 0.3) is 0 Å². The molecule has 1 saturated carbocycles. The molecule has 0 bridgehead atoms. The van der Waals surface area contributed by atoms with Crippen LogP contribution in [-0.2, 0) is 4.79 Å². The molecule has 0 radical (unpaired) electrons. The van der Waals surface area contributed by atoms with Gasteiger partial charge in [0.1, 0.15) is 6.54 Å². The summed E-state index contributed by atoms with van der Waals surface area (Å²) >= 11 is 0. The smallest absolute Gasteiger partial charge is 0.407 e. The second-order valence-electron chi connectivity index (χ2n) is 6.02. The van der Waals surface area contributed by atoms with Crippen LogP contribution in [0.2, 0.25) is 0 Å². The van der Waals surface area contributed by atoms with E-state index in [0.717, 1.165) is 6.54 Å². The Balaban J connectivity index is 2.09. The molecular formula is C12H20N2O3. The molecule has 0 spiro atoms. The van der Waals surface area contributed by atoms with E-state index in [1.807, 2.05) is 18.7 Å². The summed E-state index contributed by atoms with van der Waals surface area (Å²) in [6, 6.07) is 0. The standard InChI is InChI=1S/C12H20N2O3/c1-12(2)7-13(5-9-3-4-9)10(15)6-14(8-12)11(16)17/h9H,3-8H2,1-2H3,(H,16,17). The number of nitrogens with zero attached hydrogens (tertiary/aromatic N) is 2. The first-order chi connectivity index (χ1) is 7.87. The number of carbonyl (C=O) groups is 2. The van der Waals surface area contributed by atoms with E-state index < -0.39 is 6.09 Å². The lowest BCUT2D eigenvalue weighted by Crippen LogP contribution is -2.39. The van der Waals surface area contributed by atoms with Gasteiger partial charge in [0.05, 0.1) is 0 Å². The Hall–Kier alpha value is -1.26. The molecule has 0 aromatic carbocycles. The summed E-state index contributed by atoms with van der Waals surface area (Å²) in [5, 5.41) is 9.05. The lowest BCUT2D eigenvalue weighted by Gasteiger charge is -2.30. The van der Waals surface area contributed by atoms with Crippen LogP contribution in [0.15, 0.2) is 0 Å². The summed E-state index contributed by atoms with van der Waals surface area (Å²) in [5.74, 6) is 0.594. The molecule has 5 heteroatoms. The molecule has 2 rings (SSSR count). The third-order valence-electron chi connectivity index (χ3n) is 3.36. The zero-order valence-corrected chi connectivity index (χ0v) is 10.5. The molecular weight excluding hydrogens is 220 g/mol. The second kappa shape index (κ2) is 4.20.